The highest BCUT2D eigenvalue weighted by Crippen LogP contribution is 2.13. The molecule has 1 aromatic carbocycles. The van der Waals surface area contributed by atoms with Gasteiger partial charge in [-0.3, -0.25) is 0 Å². The zero-order valence-corrected chi connectivity index (χ0v) is 10.5. The van der Waals surface area contributed by atoms with Crippen LogP contribution in [0.3, 0.4) is 0 Å². The van der Waals surface area contributed by atoms with Gasteiger partial charge in [-0.05, 0) is 12.1 Å². The van der Waals surface area contributed by atoms with E-state index in [1.54, 1.807) is 30.3 Å². The number of carboxylic acid groups (broad SMARTS) is 1. The van der Waals surface area contributed by atoms with Crippen molar-refractivity contribution in [1.82, 2.24) is 0 Å². The number of benzene rings is 1. The van der Waals surface area contributed by atoms with Crippen molar-refractivity contribution in [1.29, 1.82) is 0 Å². The fraction of sp³-hybridized carbons (Fsp3) is 0.364. The van der Waals surface area contributed by atoms with Crippen LogP contribution in [0.1, 0.15) is 31.1 Å². The van der Waals surface area contributed by atoms with Gasteiger partial charge in [-0.15, -0.1) is 4.28 Å². The Labute approximate surface area is 98.9 Å². The van der Waals surface area contributed by atoms with Crippen LogP contribution >= 0.6 is 0 Å². The summed E-state index contributed by atoms with van der Waals surface area (Å²) in [5.41, 5.74) is 0.331. The molecule has 0 saturated carbocycles. The first-order valence-electron chi connectivity index (χ1n) is 4.38. The Balaban J connectivity index is 0. The van der Waals surface area contributed by atoms with E-state index in [2.05, 4.69) is 37.1 Å². The minimum atomic E-state index is -0.879. The van der Waals surface area contributed by atoms with Crippen molar-refractivity contribution in [2.45, 2.75) is 25.0 Å². The molecule has 0 amide bonds. The molecule has 1 aromatic rings. The molecule has 0 spiro atoms. The van der Waals surface area contributed by atoms with Crippen LogP contribution in [-0.2, 0) is 0 Å². The summed E-state index contributed by atoms with van der Waals surface area (Å²) >= 11 is 2.72. The molecule has 0 aromatic heterocycles. The third-order valence-electron chi connectivity index (χ3n) is 1.02. The van der Waals surface area contributed by atoms with Crippen molar-refractivity contribution in [3.8, 4) is 0 Å². The van der Waals surface area contributed by atoms with Crippen LogP contribution in [0.5, 0.6) is 0 Å². The molecule has 0 heterocycles. The number of rotatable bonds is 1. The first-order valence-corrected chi connectivity index (χ1v) is 4.95. The molecule has 0 aliphatic carbocycles. The van der Waals surface area contributed by atoms with Gasteiger partial charge in [0, 0.05) is 0 Å². The number of aromatic carboxylic acids is 1. The molecule has 0 bridgehead atoms. The fourth-order valence-electron chi connectivity index (χ4n) is 0.581. The van der Waals surface area contributed by atoms with E-state index in [9.17, 15) is 4.79 Å². The van der Waals surface area contributed by atoms with Crippen molar-refractivity contribution in [2.24, 2.45) is 0 Å². The predicted molar refractivity (Wildman–Crippen MR) is 62.5 cm³/mol. The summed E-state index contributed by atoms with van der Waals surface area (Å²) in [6.45, 7) is 6.45. The summed E-state index contributed by atoms with van der Waals surface area (Å²) in [7, 11) is 0. The first kappa shape index (κ1) is 16.6. The van der Waals surface area contributed by atoms with Crippen molar-refractivity contribution in [3.05, 3.63) is 35.9 Å². The van der Waals surface area contributed by atoms with Crippen molar-refractivity contribution >= 4 is 22.3 Å². The van der Waals surface area contributed by atoms with Crippen LogP contribution in [0.2, 0.25) is 4.28 Å². The van der Waals surface area contributed by atoms with E-state index in [-0.39, 0.29) is 5.48 Å². The minimum Gasteiger partial charge on any atom is -0.478 e. The summed E-state index contributed by atoms with van der Waals surface area (Å²) in [5, 5.41) is 8.38. The Kier molecular flexibility index (Phi) is 8.27. The molecule has 4 heteroatoms. The van der Waals surface area contributed by atoms with Gasteiger partial charge in [0.2, 0.25) is 0 Å². The molecule has 0 aliphatic heterocycles. The number of carbonyl (C=O) groups is 1. The Bertz CT molecular complexity index is 272. The maximum Gasteiger partial charge on any atom is 0.335 e. The monoisotopic (exact) mass is 224 g/mol. The van der Waals surface area contributed by atoms with Crippen LogP contribution in [0, 0.1) is 0 Å². The van der Waals surface area contributed by atoms with Crippen LogP contribution in [0.4, 0.5) is 0 Å². The van der Waals surface area contributed by atoms with Crippen LogP contribution in [0.15, 0.2) is 30.3 Å². The third kappa shape index (κ3) is 13.2. The lowest BCUT2D eigenvalue weighted by molar-refractivity contribution is 0.0697. The molecular weight excluding hydrogens is 207 g/mol. The van der Waals surface area contributed by atoms with E-state index < -0.39 is 5.97 Å². The third-order valence-corrected chi connectivity index (χ3v) is 1.02. The van der Waals surface area contributed by atoms with E-state index in [1.807, 2.05) is 0 Å². The molecule has 1 rings (SSSR count). The van der Waals surface area contributed by atoms with Gasteiger partial charge in [0.1, 0.15) is 16.3 Å². The second-order valence-corrected chi connectivity index (χ2v) is 5.77. The molecule has 0 atom stereocenters. The molecule has 3 nitrogen and oxygen atoms in total. The first-order chi connectivity index (χ1) is 6.30. The average molecular weight is 224 g/mol. The minimum absolute atomic E-state index is 0. The topological polar surface area (TPSA) is 68.8 Å². The number of hydrogen-bond donors (Lipinski definition) is 1. The molecule has 0 saturated heterocycles. The van der Waals surface area contributed by atoms with Gasteiger partial charge in [-0.2, -0.15) is 0 Å². The van der Waals surface area contributed by atoms with Crippen molar-refractivity contribution in [3.63, 3.8) is 0 Å². The van der Waals surface area contributed by atoms with E-state index >= 15 is 0 Å². The molecule has 0 aliphatic rings. The van der Waals surface area contributed by atoms with Gasteiger partial charge in [-0.1, -0.05) is 39.0 Å². The highest BCUT2D eigenvalue weighted by Gasteiger charge is 1.96. The van der Waals surface area contributed by atoms with E-state index in [4.69, 9.17) is 5.11 Å². The maximum atomic E-state index is 10.2. The summed E-state index contributed by atoms with van der Waals surface area (Å²) in [4.78, 5) is 10.2. The van der Waals surface area contributed by atoms with Gasteiger partial charge >= 0.3 is 5.97 Å². The fourth-order valence-corrected chi connectivity index (χ4v) is 0.581. The Morgan fingerprint density at radius 2 is 1.53 bits per heavy atom. The van der Waals surface area contributed by atoms with Gasteiger partial charge < -0.3 is 10.6 Å². The largest absolute Gasteiger partial charge is 0.478 e. The Morgan fingerprint density at radius 1 is 1.20 bits per heavy atom. The van der Waals surface area contributed by atoms with E-state index in [0.717, 1.165) is 0 Å². The molecule has 2 radical (unpaired) electrons. The van der Waals surface area contributed by atoms with Crippen LogP contribution in [-0.4, -0.2) is 32.8 Å². The summed E-state index contributed by atoms with van der Waals surface area (Å²) in [5.74, 6) is -0.879. The quantitative estimate of drug-likeness (QED) is 0.740. The van der Waals surface area contributed by atoms with Gasteiger partial charge in [0.05, 0.1) is 5.56 Å². The normalized spacial score (nSPS) is 9.27. The lowest BCUT2D eigenvalue weighted by Crippen LogP contribution is -1.93. The SMILES string of the molecule is C[C](C)(C)[Al].O.O=C(O)c1ccccc1. The zero-order valence-electron chi connectivity index (χ0n) is 9.32. The highest BCUT2D eigenvalue weighted by molar-refractivity contribution is 6.14. The molecule has 0 unspecified atom stereocenters. The van der Waals surface area contributed by atoms with Crippen molar-refractivity contribution < 1.29 is 15.4 Å². The lowest BCUT2D eigenvalue weighted by Gasteiger charge is -2.07. The molecular formula is C11H17AlO3. The van der Waals surface area contributed by atoms with Crippen LogP contribution < -0.4 is 0 Å². The second kappa shape index (κ2) is 7.47. The summed E-state index contributed by atoms with van der Waals surface area (Å²) in [6.07, 6.45) is 0. The lowest BCUT2D eigenvalue weighted by atomic mass is 10.2. The molecule has 15 heavy (non-hydrogen) atoms. The standard InChI is InChI=1S/C7H6O2.C4H9.Al.H2O/c8-7(9)6-4-2-1-3-5-6;1-4(2)3;;/h1-5H,(H,8,9);1-3H3;;1H2. The van der Waals surface area contributed by atoms with Crippen molar-refractivity contribution in [2.75, 3.05) is 0 Å². The van der Waals surface area contributed by atoms with Gasteiger partial charge in [-0.25, -0.2) is 4.79 Å². The molecule has 3 N–H and O–H groups in total. The Morgan fingerprint density at radius 3 is 1.73 bits per heavy atom. The van der Waals surface area contributed by atoms with Gasteiger partial charge in [0.15, 0.2) is 0 Å². The number of carboxylic acids is 1. The summed E-state index contributed by atoms with van der Waals surface area (Å²) < 4.78 is 0.417. The maximum absolute atomic E-state index is 10.2. The average Bonchev–Trinajstić information content (AvgIpc) is 2.03. The highest BCUT2D eigenvalue weighted by atomic mass is 27.0. The van der Waals surface area contributed by atoms with E-state index in [1.165, 1.54) is 0 Å². The van der Waals surface area contributed by atoms with Crippen LogP contribution in [0.25, 0.3) is 0 Å². The molecule has 82 valence electrons. The zero-order chi connectivity index (χ0) is 11.2. The summed E-state index contributed by atoms with van der Waals surface area (Å²) in [6, 6.07) is 8.30. The predicted octanol–water partition coefficient (Wildman–Crippen LogP) is 1.93. The van der Waals surface area contributed by atoms with E-state index in [0.29, 0.717) is 9.84 Å². The smallest absolute Gasteiger partial charge is 0.335 e. The number of hydrogen-bond acceptors (Lipinski definition) is 1. The van der Waals surface area contributed by atoms with Gasteiger partial charge in [0.25, 0.3) is 0 Å². The molecule has 0 fully saturated rings. The Hall–Kier alpha value is -0.818. The second-order valence-electron chi connectivity index (χ2n) is 4.04.